The first-order valence-corrected chi connectivity index (χ1v) is 12.4. The van der Waals surface area contributed by atoms with Crippen molar-refractivity contribution in [2.75, 3.05) is 25.6 Å². The number of nitriles is 1. The van der Waals surface area contributed by atoms with E-state index in [1.807, 2.05) is 24.3 Å². The van der Waals surface area contributed by atoms with Crippen LogP contribution in [-0.2, 0) is 6.42 Å². The van der Waals surface area contributed by atoms with Gasteiger partial charge in [0, 0.05) is 49.4 Å². The maximum Gasteiger partial charge on any atom is 0.326 e. The van der Waals surface area contributed by atoms with Gasteiger partial charge < -0.3 is 9.64 Å². The average Bonchev–Trinajstić information content (AvgIpc) is 3.43. The second-order valence-corrected chi connectivity index (χ2v) is 10.2. The van der Waals surface area contributed by atoms with Gasteiger partial charge in [0.15, 0.2) is 0 Å². The largest absolute Gasteiger partial charge is 0.497 e. The molecular weight excluding hydrogens is 450 g/mol. The molecule has 0 spiro atoms. The number of nitrogens with zero attached hydrogens (tertiary/aromatic N) is 5. The van der Waals surface area contributed by atoms with Gasteiger partial charge >= 0.3 is 5.00 Å². The zero-order chi connectivity index (χ0) is 23.8. The Morgan fingerprint density at radius 3 is 2.71 bits per heavy atom. The zero-order valence-electron chi connectivity index (χ0n) is 19.3. The average molecular weight is 478 g/mol. The molecule has 1 aromatic carbocycles. The summed E-state index contributed by atoms with van der Waals surface area (Å²) < 4.78 is 5.41. The molecular formula is C25H27N5O3S. The third-order valence-electron chi connectivity index (χ3n) is 7.44. The number of ether oxygens (including phenoxy) is 1. The molecule has 176 valence electrons. The van der Waals surface area contributed by atoms with Gasteiger partial charge in [0.2, 0.25) is 0 Å². The predicted octanol–water partition coefficient (Wildman–Crippen LogP) is 4.76. The maximum atomic E-state index is 11.1. The normalized spacial score (nSPS) is 22.0. The number of nitro groups is 1. The lowest BCUT2D eigenvalue weighted by Crippen LogP contribution is -2.50. The van der Waals surface area contributed by atoms with Crippen molar-refractivity contribution in [3.8, 4) is 11.8 Å². The number of hydrogen-bond acceptors (Lipinski definition) is 8. The lowest BCUT2D eigenvalue weighted by molar-refractivity contribution is -0.380. The Balaban J connectivity index is 1.31. The van der Waals surface area contributed by atoms with Gasteiger partial charge in [-0.05, 0) is 73.3 Å². The molecule has 5 rings (SSSR count). The molecule has 3 aromatic rings. The van der Waals surface area contributed by atoms with Crippen LogP contribution in [0.3, 0.4) is 0 Å². The molecule has 0 saturated carbocycles. The number of pyridine rings is 1. The Morgan fingerprint density at radius 1 is 1.29 bits per heavy atom. The van der Waals surface area contributed by atoms with Crippen LogP contribution in [0, 0.1) is 21.4 Å². The summed E-state index contributed by atoms with van der Waals surface area (Å²) in [6.45, 7) is 0.904. The Bertz CT molecular complexity index is 1260. The number of anilines is 1. The second-order valence-electron chi connectivity index (χ2n) is 9.12. The van der Waals surface area contributed by atoms with E-state index in [1.54, 1.807) is 19.4 Å². The number of thiophene rings is 1. The highest BCUT2D eigenvalue weighted by Gasteiger charge is 2.42. The van der Waals surface area contributed by atoms with Crippen LogP contribution in [0.5, 0.6) is 5.75 Å². The minimum absolute atomic E-state index is 0.191. The summed E-state index contributed by atoms with van der Waals surface area (Å²) in [6.07, 6.45) is 6.93. The van der Waals surface area contributed by atoms with Crippen molar-refractivity contribution < 1.29 is 9.66 Å². The van der Waals surface area contributed by atoms with Gasteiger partial charge in [0.25, 0.3) is 0 Å². The number of hydrogen-bond donors (Lipinski definition) is 0. The van der Waals surface area contributed by atoms with Crippen LogP contribution in [0.1, 0.15) is 36.8 Å². The first-order chi connectivity index (χ1) is 16.5. The van der Waals surface area contributed by atoms with Crippen molar-refractivity contribution in [3.63, 3.8) is 0 Å². The van der Waals surface area contributed by atoms with Crippen LogP contribution >= 0.6 is 11.3 Å². The lowest BCUT2D eigenvalue weighted by atomic mass is 9.94. The van der Waals surface area contributed by atoms with Crippen molar-refractivity contribution in [2.24, 2.45) is 0 Å². The van der Waals surface area contributed by atoms with Crippen LogP contribution in [0.15, 0.2) is 36.5 Å². The SMILES string of the molecule is COc1ccc2ncc(C#N)c(CCN3[C@H]4CC[C@H]3CC(N(C)c3ccc([N+](=O)[O-])s3)C4)c2c1. The number of benzene rings is 1. The minimum atomic E-state index is -0.317. The molecule has 2 atom stereocenters. The van der Waals surface area contributed by atoms with Gasteiger partial charge in [-0.15, -0.1) is 0 Å². The molecule has 8 nitrogen and oxygen atoms in total. The third-order valence-corrected chi connectivity index (χ3v) is 8.57. The van der Waals surface area contributed by atoms with Crippen molar-refractivity contribution in [2.45, 2.75) is 50.2 Å². The molecule has 2 aliphatic heterocycles. The van der Waals surface area contributed by atoms with Crippen molar-refractivity contribution in [1.82, 2.24) is 9.88 Å². The first kappa shape index (κ1) is 22.6. The van der Waals surface area contributed by atoms with Gasteiger partial charge in [-0.25, -0.2) is 0 Å². The highest BCUT2D eigenvalue weighted by Crippen LogP contribution is 2.41. The Hall–Kier alpha value is -3.22. The summed E-state index contributed by atoms with van der Waals surface area (Å²) in [6, 6.07) is 13.0. The van der Waals surface area contributed by atoms with Crippen LogP contribution < -0.4 is 9.64 Å². The number of piperidine rings is 1. The second kappa shape index (κ2) is 9.20. The molecule has 2 saturated heterocycles. The fraction of sp³-hybridized carbons (Fsp3) is 0.440. The van der Waals surface area contributed by atoms with Crippen molar-refractivity contribution in [1.29, 1.82) is 5.26 Å². The van der Waals surface area contributed by atoms with Gasteiger partial charge in [0.05, 0.1) is 28.1 Å². The van der Waals surface area contributed by atoms with Crippen molar-refractivity contribution >= 4 is 32.2 Å². The van der Waals surface area contributed by atoms with Gasteiger partial charge in [-0.1, -0.05) is 0 Å². The molecule has 34 heavy (non-hydrogen) atoms. The van der Waals surface area contributed by atoms with Crippen LogP contribution in [-0.4, -0.2) is 53.6 Å². The van der Waals surface area contributed by atoms with Crippen LogP contribution in [0.2, 0.25) is 0 Å². The number of rotatable bonds is 7. The fourth-order valence-electron chi connectivity index (χ4n) is 5.67. The molecule has 0 N–H and O–H groups in total. The standard InChI is InChI=1S/C25H27N5O3S/c1-28(24-7-8-25(34-24)30(31)32)19-11-17-3-4-18(12-19)29(17)10-9-21-16(14-26)15-27-23-6-5-20(33-2)13-22(21)23/h5-8,13,15,17-19H,3-4,9-12H2,1-2H3/t17-,18-/m0/s1. The van der Waals surface area contributed by atoms with E-state index < -0.39 is 0 Å². The monoisotopic (exact) mass is 477 g/mol. The first-order valence-electron chi connectivity index (χ1n) is 11.6. The molecule has 4 heterocycles. The molecule has 0 amide bonds. The minimum Gasteiger partial charge on any atom is -0.497 e. The molecule has 0 unspecified atom stereocenters. The van der Waals surface area contributed by atoms with Gasteiger partial charge in [-0.3, -0.25) is 20.0 Å². The summed E-state index contributed by atoms with van der Waals surface area (Å²) >= 11 is 1.25. The van der Waals surface area contributed by atoms with E-state index in [9.17, 15) is 15.4 Å². The maximum absolute atomic E-state index is 11.1. The quantitative estimate of drug-likeness (QED) is 0.358. The summed E-state index contributed by atoms with van der Waals surface area (Å²) in [4.78, 5) is 20.1. The van der Waals surface area contributed by atoms with E-state index in [2.05, 4.69) is 27.9 Å². The topological polar surface area (TPSA) is 95.5 Å². The smallest absolute Gasteiger partial charge is 0.326 e. The van der Waals surface area contributed by atoms with E-state index in [0.717, 1.165) is 53.0 Å². The van der Waals surface area contributed by atoms with E-state index in [4.69, 9.17) is 4.74 Å². The highest BCUT2D eigenvalue weighted by molar-refractivity contribution is 7.19. The van der Waals surface area contributed by atoms with Gasteiger partial charge in [-0.2, -0.15) is 5.26 Å². The van der Waals surface area contributed by atoms with Gasteiger partial charge in [0.1, 0.15) is 11.8 Å². The molecule has 9 heteroatoms. The fourth-order valence-corrected chi connectivity index (χ4v) is 6.53. The summed E-state index contributed by atoms with van der Waals surface area (Å²) in [7, 11) is 3.71. The lowest BCUT2D eigenvalue weighted by Gasteiger charge is -2.42. The molecule has 2 aromatic heterocycles. The summed E-state index contributed by atoms with van der Waals surface area (Å²) in [5.41, 5.74) is 2.54. The van der Waals surface area contributed by atoms with E-state index in [-0.39, 0.29) is 9.92 Å². The summed E-state index contributed by atoms with van der Waals surface area (Å²) in [5.74, 6) is 0.767. The molecule has 2 fully saturated rings. The highest BCUT2D eigenvalue weighted by atomic mass is 32.1. The molecule has 2 bridgehead atoms. The third kappa shape index (κ3) is 4.08. The Labute approximate surface area is 202 Å². The number of fused-ring (bicyclic) bond motifs is 3. The molecule has 0 radical (unpaired) electrons. The predicted molar refractivity (Wildman–Crippen MR) is 133 cm³/mol. The van der Waals surface area contributed by atoms with E-state index in [1.165, 1.54) is 24.2 Å². The Morgan fingerprint density at radius 2 is 2.06 bits per heavy atom. The molecule has 2 aliphatic rings. The number of aromatic nitrogens is 1. The van der Waals surface area contributed by atoms with Crippen LogP contribution in [0.4, 0.5) is 10.0 Å². The van der Waals surface area contributed by atoms with Crippen LogP contribution in [0.25, 0.3) is 10.9 Å². The van der Waals surface area contributed by atoms with Crippen molar-refractivity contribution in [3.05, 3.63) is 57.8 Å². The van der Waals surface area contributed by atoms with E-state index in [0.29, 0.717) is 23.7 Å². The summed E-state index contributed by atoms with van der Waals surface area (Å²) in [5, 5.41) is 22.9. The number of methoxy groups -OCH3 is 1. The molecule has 0 aliphatic carbocycles. The Kier molecular flexibility index (Phi) is 6.11. The van der Waals surface area contributed by atoms with E-state index >= 15 is 0 Å². The zero-order valence-corrected chi connectivity index (χ0v) is 20.1.